The van der Waals surface area contributed by atoms with Crippen molar-refractivity contribution in [2.45, 2.75) is 44.1 Å². The lowest BCUT2D eigenvalue weighted by Gasteiger charge is -2.18. The zero-order chi connectivity index (χ0) is 27.0. The number of rotatable bonds is 12. The molecule has 38 heavy (non-hydrogen) atoms. The van der Waals surface area contributed by atoms with E-state index < -0.39 is 16.0 Å². The van der Waals surface area contributed by atoms with Crippen molar-refractivity contribution in [3.8, 4) is 11.5 Å². The van der Waals surface area contributed by atoms with Crippen molar-refractivity contribution >= 4 is 33.6 Å². The number of aryl methyl sites for hydroxylation is 1. The molecule has 4 rings (SSSR count). The third-order valence-corrected chi connectivity index (χ3v) is 7.09. The molecular weight excluding hydrogens is 512 g/mol. The molecule has 2 aromatic carbocycles. The standard InChI is InChI=1S/C25H30N6O6S/c1-17-7-4-5-8-19(17)28-25-30-22(29-24(26)31-25)16-37-23(32)9-3-2-6-12-27-38(33,34)18-10-11-20-21(15-18)36-14-13-35-20/h4-5,7-8,10-11,15,27H,2-3,6,9,12-14,16H2,1H3,(H3,26,28,29,30,31). The first kappa shape index (κ1) is 27.1. The zero-order valence-corrected chi connectivity index (χ0v) is 21.8. The Bertz CT molecular complexity index is 1380. The van der Waals surface area contributed by atoms with Crippen LogP contribution in [0.5, 0.6) is 11.5 Å². The summed E-state index contributed by atoms with van der Waals surface area (Å²) >= 11 is 0. The van der Waals surface area contributed by atoms with E-state index in [0.29, 0.717) is 44.0 Å². The molecule has 1 aromatic heterocycles. The Morgan fingerprint density at radius 3 is 2.63 bits per heavy atom. The number of para-hydroxylation sites is 1. The third kappa shape index (κ3) is 7.52. The maximum atomic E-state index is 12.5. The Morgan fingerprint density at radius 1 is 1.03 bits per heavy atom. The summed E-state index contributed by atoms with van der Waals surface area (Å²) in [6.07, 6.45) is 1.94. The van der Waals surface area contributed by atoms with Gasteiger partial charge in [-0.05, 0) is 43.5 Å². The van der Waals surface area contributed by atoms with Crippen LogP contribution >= 0.6 is 0 Å². The molecule has 13 heteroatoms. The molecule has 0 saturated heterocycles. The molecule has 0 aliphatic carbocycles. The number of nitrogens with one attached hydrogen (secondary N) is 2. The maximum absolute atomic E-state index is 12.5. The molecule has 0 saturated carbocycles. The summed E-state index contributed by atoms with van der Waals surface area (Å²) in [6.45, 7) is 2.87. The predicted molar refractivity (Wildman–Crippen MR) is 140 cm³/mol. The van der Waals surface area contributed by atoms with Crippen LogP contribution in [-0.2, 0) is 26.2 Å². The molecule has 0 spiro atoms. The molecule has 2 heterocycles. The molecule has 3 aromatic rings. The number of hydrogen-bond acceptors (Lipinski definition) is 11. The van der Waals surface area contributed by atoms with Crippen LogP contribution in [0.25, 0.3) is 0 Å². The number of nitrogens with two attached hydrogens (primary N) is 1. The largest absolute Gasteiger partial charge is 0.486 e. The van der Waals surface area contributed by atoms with Gasteiger partial charge in [0.2, 0.25) is 21.9 Å². The SMILES string of the molecule is Cc1ccccc1Nc1nc(N)nc(COC(=O)CCCCCNS(=O)(=O)c2ccc3c(c2)OCCO3)n1. The second-order valence-corrected chi connectivity index (χ2v) is 10.3. The minimum Gasteiger partial charge on any atom is -0.486 e. The summed E-state index contributed by atoms with van der Waals surface area (Å²) in [5.41, 5.74) is 7.62. The fourth-order valence-electron chi connectivity index (χ4n) is 3.66. The number of anilines is 3. The van der Waals surface area contributed by atoms with Crippen molar-refractivity contribution in [3.05, 3.63) is 53.9 Å². The Labute approximate surface area is 221 Å². The first-order chi connectivity index (χ1) is 18.3. The molecule has 202 valence electrons. The summed E-state index contributed by atoms with van der Waals surface area (Å²) in [5.74, 6) is 1.04. The average molecular weight is 543 g/mol. The van der Waals surface area contributed by atoms with E-state index in [2.05, 4.69) is 25.0 Å². The number of unbranched alkanes of at least 4 members (excludes halogenated alkanes) is 2. The van der Waals surface area contributed by atoms with Gasteiger partial charge in [-0.2, -0.15) is 15.0 Å². The van der Waals surface area contributed by atoms with Gasteiger partial charge in [-0.15, -0.1) is 0 Å². The van der Waals surface area contributed by atoms with Crippen LogP contribution in [0.1, 0.15) is 37.1 Å². The minimum absolute atomic E-state index is 0.0147. The van der Waals surface area contributed by atoms with Crippen LogP contribution in [0.2, 0.25) is 0 Å². The van der Waals surface area contributed by atoms with Gasteiger partial charge < -0.3 is 25.3 Å². The van der Waals surface area contributed by atoms with Crippen molar-refractivity contribution in [2.24, 2.45) is 0 Å². The number of carbonyl (C=O) groups excluding carboxylic acids is 1. The van der Waals surface area contributed by atoms with Crippen LogP contribution in [0.3, 0.4) is 0 Å². The lowest BCUT2D eigenvalue weighted by atomic mass is 10.2. The van der Waals surface area contributed by atoms with Crippen LogP contribution in [0, 0.1) is 6.92 Å². The lowest BCUT2D eigenvalue weighted by Crippen LogP contribution is -2.25. The van der Waals surface area contributed by atoms with Gasteiger partial charge in [-0.25, -0.2) is 13.1 Å². The van der Waals surface area contributed by atoms with Gasteiger partial charge in [0.1, 0.15) is 13.2 Å². The number of fused-ring (bicyclic) bond motifs is 1. The Balaban J connectivity index is 1.16. The van der Waals surface area contributed by atoms with Gasteiger partial charge in [0.25, 0.3) is 0 Å². The van der Waals surface area contributed by atoms with Crippen LogP contribution in [-0.4, -0.2) is 49.1 Å². The van der Waals surface area contributed by atoms with E-state index in [4.69, 9.17) is 19.9 Å². The molecule has 0 atom stereocenters. The Hall–Kier alpha value is -3.97. The number of hydrogen-bond donors (Lipinski definition) is 3. The summed E-state index contributed by atoms with van der Waals surface area (Å²) in [5, 5.41) is 3.09. The van der Waals surface area contributed by atoms with Gasteiger partial charge in [-0.1, -0.05) is 24.6 Å². The highest BCUT2D eigenvalue weighted by atomic mass is 32.2. The van der Waals surface area contributed by atoms with Crippen molar-refractivity contribution in [1.29, 1.82) is 0 Å². The summed E-state index contributed by atoms with van der Waals surface area (Å²) in [7, 11) is -3.68. The number of nitrogen functional groups attached to an aromatic ring is 1. The van der Waals surface area contributed by atoms with E-state index in [1.165, 1.54) is 12.1 Å². The van der Waals surface area contributed by atoms with Gasteiger partial charge in [-0.3, -0.25) is 4.79 Å². The summed E-state index contributed by atoms with van der Waals surface area (Å²) < 4.78 is 43.8. The smallest absolute Gasteiger partial charge is 0.306 e. The van der Waals surface area contributed by atoms with Crippen molar-refractivity contribution < 1.29 is 27.4 Å². The molecule has 12 nitrogen and oxygen atoms in total. The van der Waals surface area contributed by atoms with E-state index in [0.717, 1.165) is 11.3 Å². The first-order valence-electron chi connectivity index (χ1n) is 12.2. The predicted octanol–water partition coefficient (Wildman–Crippen LogP) is 2.86. The number of benzene rings is 2. The molecule has 1 aliphatic heterocycles. The number of esters is 1. The van der Waals surface area contributed by atoms with Crippen LogP contribution in [0.4, 0.5) is 17.6 Å². The van der Waals surface area contributed by atoms with E-state index >= 15 is 0 Å². The Morgan fingerprint density at radius 2 is 1.82 bits per heavy atom. The second-order valence-electron chi connectivity index (χ2n) is 8.55. The topological polar surface area (TPSA) is 168 Å². The molecule has 4 N–H and O–H groups in total. The molecular formula is C25H30N6O6S. The van der Waals surface area contributed by atoms with Gasteiger partial charge in [0.05, 0.1) is 4.90 Å². The highest BCUT2D eigenvalue weighted by Gasteiger charge is 2.19. The Kier molecular flexibility index (Phi) is 8.92. The summed E-state index contributed by atoms with van der Waals surface area (Å²) in [6, 6.07) is 12.2. The normalized spacial score (nSPS) is 12.7. The maximum Gasteiger partial charge on any atom is 0.306 e. The fourth-order valence-corrected chi connectivity index (χ4v) is 4.75. The second kappa shape index (κ2) is 12.5. The molecule has 1 aliphatic rings. The first-order valence-corrected chi connectivity index (χ1v) is 13.7. The van der Waals surface area contributed by atoms with E-state index in [1.807, 2.05) is 31.2 Å². The number of carbonyl (C=O) groups is 1. The van der Waals surface area contributed by atoms with E-state index in [1.54, 1.807) is 6.07 Å². The third-order valence-electron chi connectivity index (χ3n) is 5.63. The number of nitrogens with zero attached hydrogens (tertiary/aromatic N) is 3. The fraction of sp³-hybridized carbons (Fsp3) is 0.360. The van der Waals surface area contributed by atoms with Gasteiger partial charge in [0.15, 0.2) is 23.9 Å². The van der Waals surface area contributed by atoms with E-state index in [9.17, 15) is 13.2 Å². The highest BCUT2D eigenvalue weighted by molar-refractivity contribution is 7.89. The van der Waals surface area contributed by atoms with E-state index in [-0.39, 0.29) is 42.2 Å². The molecule has 0 fully saturated rings. The molecule has 0 bridgehead atoms. The van der Waals surface area contributed by atoms with Gasteiger partial charge in [0, 0.05) is 24.7 Å². The van der Waals surface area contributed by atoms with Crippen molar-refractivity contribution in [2.75, 3.05) is 30.8 Å². The van der Waals surface area contributed by atoms with Crippen LogP contribution < -0.4 is 25.2 Å². The van der Waals surface area contributed by atoms with Gasteiger partial charge >= 0.3 is 5.97 Å². The average Bonchev–Trinajstić information content (AvgIpc) is 2.90. The van der Waals surface area contributed by atoms with Crippen LogP contribution in [0.15, 0.2) is 47.4 Å². The number of ether oxygens (including phenoxy) is 3. The quantitative estimate of drug-likeness (QED) is 0.227. The number of aromatic nitrogens is 3. The number of sulfonamides is 1. The monoisotopic (exact) mass is 542 g/mol. The molecule has 0 amide bonds. The molecule has 0 unspecified atom stereocenters. The van der Waals surface area contributed by atoms with Crippen molar-refractivity contribution in [3.63, 3.8) is 0 Å². The zero-order valence-electron chi connectivity index (χ0n) is 21.0. The summed E-state index contributed by atoms with van der Waals surface area (Å²) in [4.78, 5) is 24.6. The molecule has 0 radical (unpaired) electrons. The minimum atomic E-state index is -3.68. The van der Waals surface area contributed by atoms with Crippen molar-refractivity contribution in [1.82, 2.24) is 19.7 Å². The lowest BCUT2D eigenvalue weighted by molar-refractivity contribution is -0.145. The highest BCUT2D eigenvalue weighted by Crippen LogP contribution is 2.32.